The van der Waals surface area contributed by atoms with Gasteiger partial charge in [-0.1, -0.05) is 24.5 Å². The second-order valence-electron chi connectivity index (χ2n) is 5.56. The summed E-state index contributed by atoms with van der Waals surface area (Å²) in [6, 6.07) is 7.95. The van der Waals surface area contributed by atoms with Crippen molar-refractivity contribution in [2.24, 2.45) is 5.92 Å². The highest BCUT2D eigenvalue weighted by atomic mass is 16.5. The topological polar surface area (TPSA) is 39.9 Å². The van der Waals surface area contributed by atoms with Crippen molar-refractivity contribution in [2.45, 2.75) is 38.6 Å². The Kier molecular flexibility index (Phi) is 4.00. The molecule has 1 fully saturated rings. The van der Waals surface area contributed by atoms with Crippen molar-refractivity contribution in [3.63, 3.8) is 0 Å². The fraction of sp³-hybridized carbons (Fsp3) is 0.500. The smallest absolute Gasteiger partial charge is 0.118 e. The maximum atomic E-state index is 5.17. The van der Waals surface area contributed by atoms with Crippen LogP contribution in [-0.4, -0.2) is 22.1 Å². The van der Waals surface area contributed by atoms with E-state index < -0.39 is 0 Å². The van der Waals surface area contributed by atoms with E-state index in [1.165, 1.54) is 32.1 Å². The van der Waals surface area contributed by atoms with Gasteiger partial charge in [-0.05, 0) is 43.0 Å². The summed E-state index contributed by atoms with van der Waals surface area (Å²) >= 11 is 0. The molecule has 3 rings (SSSR count). The summed E-state index contributed by atoms with van der Waals surface area (Å²) in [6.07, 6.45) is 8.84. The van der Waals surface area contributed by atoms with Crippen LogP contribution in [0.15, 0.2) is 30.5 Å². The predicted octanol–water partition coefficient (Wildman–Crippen LogP) is 3.53. The molecule has 1 aromatic carbocycles. The van der Waals surface area contributed by atoms with Crippen LogP contribution in [0.4, 0.5) is 0 Å². The summed E-state index contributed by atoms with van der Waals surface area (Å²) in [6.45, 7) is 1.00. The first-order chi connectivity index (χ1) is 9.85. The van der Waals surface area contributed by atoms with Crippen molar-refractivity contribution in [2.75, 3.05) is 7.11 Å². The number of ether oxygens (including phenoxy) is 1. The summed E-state index contributed by atoms with van der Waals surface area (Å²) in [4.78, 5) is 0. The zero-order valence-corrected chi connectivity index (χ0v) is 12.0. The molecule has 0 bridgehead atoms. The molecule has 1 aromatic heterocycles. The Balaban J connectivity index is 1.68. The van der Waals surface area contributed by atoms with E-state index in [0.29, 0.717) is 0 Å². The molecule has 1 heterocycles. The average Bonchev–Trinajstić information content (AvgIpc) is 2.97. The molecule has 0 radical (unpaired) electrons. The first kappa shape index (κ1) is 13.2. The first-order valence-corrected chi connectivity index (χ1v) is 7.40. The minimum Gasteiger partial charge on any atom is -0.497 e. The molecule has 0 aliphatic heterocycles. The van der Waals surface area contributed by atoms with Gasteiger partial charge in [-0.15, -0.1) is 5.10 Å². The normalized spacial score (nSPS) is 16.2. The zero-order chi connectivity index (χ0) is 13.8. The lowest BCUT2D eigenvalue weighted by Gasteiger charge is -2.20. The first-order valence-electron chi connectivity index (χ1n) is 7.40. The zero-order valence-electron chi connectivity index (χ0n) is 12.0. The lowest BCUT2D eigenvalue weighted by Crippen LogP contribution is -2.14. The van der Waals surface area contributed by atoms with E-state index in [1.807, 2.05) is 28.9 Å². The van der Waals surface area contributed by atoms with E-state index in [2.05, 4.69) is 16.5 Å². The molecule has 4 nitrogen and oxygen atoms in total. The Morgan fingerprint density at radius 2 is 1.90 bits per heavy atom. The van der Waals surface area contributed by atoms with Gasteiger partial charge in [0.05, 0.1) is 13.3 Å². The van der Waals surface area contributed by atoms with Crippen LogP contribution in [0.2, 0.25) is 0 Å². The Morgan fingerprint density at radius 1 is 1.15 bits per heavy atom. The van der Waals surface area contributed by atoms with Gasteiger partial charge in [0.2, 0.25) is 0 Å². The number of hydrogen-bond donors (Lipinski definition) is 0. The summed E-state index contributed by atoms with van der Waals surface area (Å²) < 4.78 is 7.17. The van der Waals surface area contributed by atoms with Crippen LogP contribution in [0.3, 0.4) is 0 Å². The van der Waals surface area contributed by atoms with Gasteiger partial charge in [0.1, 0.15) is 11.4 Å². The summed E-state index contributed by atoms with van der Waals surface area (Å²) in [7, 11) is 1.68. The van der Waals surface area contributed by atoms with Crippen LogP contribution < -0.4 is 4.74 Å². The van der Waals surface area contributed by atoms with Crippen molar-refractivity contribution < 1.29 is 4.74 Å². The quantitative estimate of drug-likeness (QED) is 0.854. The standard InChI is InChI=1S/C16H21N3O/c1-20-15-9-7-14(8-10-15)16-12-19(18-17-16)11-13-5-3-2-4-6-13/h7-10,12-13H,2-6,11H2,1H3. The molecule has 0 amide bonds. The molecule has 20 heavy (non-hydrogen) atoms. The largest absolute Gasteiger partial charge is 0.497 e. The number of methoxy groups -OCH3 is 1. The van der Waals surface area contributed by atoms with Gasteiger partial charge in [0.25, 0.3) is 0 Å². The molecule has 1 aliphatic carbocycles. The van der Waals surface area contributed by atoms with Gasteiger partial charge >= 0.3 is 0 Å². The molecule has 1 aliphatic rings. The number of hydrogen-bond acceptors (Lipinski definition) is 3. The van der Waals surface area contributed by atoms with Gasteiger partial charge in [0.15, 0.2) is 0 Å². The highest BCUT2D eigenvalue weighted by molar-refractivity contribution is 5.58. The van der Waals surface area contributed by atoms with Gasteiger partial charge in [0, 0.05) is 12.1 Å². The molecule has 0 N–H and O–H groups in total. The Morgan fingerprint density at radius 3 is 2.60 bits per heavy atom. The molecular formula is C16H21N3O. The summed E-state index contributed by atoms with van der Waals surface area (Å²) in [5.41, 5.74) is 2.02. The van der Waals surface area contributed by atoms with E-state index in [1.54, 1.807) is 7.11 Å². The molecule has 0 saturated heterocycles. The van der Waals surface area contributed by atoms with Crippen molar-refractivity contribution in [3.8, 4) is 17.0 Å². The molecule has 1 saturated carbocycles. The molecular weight excluding hydrogens is 250 g/mol. The molecule has 106 valence electrons. The third-order valence-electron chi connectivity index (χ3n) is 4.09. The van der Waals surface area contributed by atoms with Crippen LogP contribution >= 0.6 is 0 Å². The summed E-state index contributed by atoms with van der Waals surface area (Å²) in [5.74, 6) is 1.64. The van der Waals surface area contributed by atoms with E-state index in [9.17, 15) is 0 Å². The van der Waals surface area contributed by atoms with Crippen LogP contribution in [0.1, 0.15) is 32.1 Å². The highest BCUT2D eigenvalue weighted by Gasteiger charge is 2.15. The number of aromatic nitrogens is 3. The minimum absolute atomic E-state index is 0.772. The van der Waals surface area contributed by atoms with Gasteiger partial charge in [-0.3, -0.25) is 4.68 Å². The molecule has 2 aromatic rings. The van der Waals surface area contributed by atoms with Gasteiger partial charge < -0.3 is 4.74 Å². The SMILES string of the molecule is COc1ccc(-c2cn(CC3CCCCC3)nn2)cc1. The van der Waals surface area contributed by atoms with Crippen molar-refractivity contribution in [1.82, 2.24) is 15.0 Å². The van der Waals surface area contributed by atoms with Crippen LogP contribution in [0.5, 0.6) is 5.75 Å². The number of rotatable bonds is 4. The monoisotopic (exact) mass is 271 g/mol. The van der Waals surface area contributed by atoms with Gasteiger partial charge in [-0.2, -0.15) is 0 Å². The lowest BCUT2D eigenvalue weighted by molar-refractivity contribution is 0.305. The van der Waals surface area contributed by atoms with E-state index in [0.717, 1.165) is 29.5 Å². The Bertz CT molecular complexity index is 541. The van der Waals surface area contributed by atoms with Crippen molar-refractivity contribution >= 4 is 0 Å². The number of benzene rings is 1. The number of nitrogens with zero attached hydrogens (tertiary/aromatic N) is 3. The Hall–Kier alpha value is -1.84. The minimum atomic E-state index is 0.772. The molecule has 0 spiro atoms. The van der Waals surface area contributed by atoms with Crippen LogP contribution in [-0.2, 0) is 6.54 Å². The van der Waals surface area contributed by atoms with Crippen LogP contribution in [0, 0.1) is 5.92 Å². The third-order valence-corrected chi connectivity index (χ3v) is 4.09. The third kappa shape index (κ3) is 3.00. The molecule has 4 heteroatoms. The second-order valence-corrected chi connectivity index (χ2v) is 5.56. The predicted molar refractivity (Wildman–Crippen MR) is 78.6 cm³/mol. The van der Waals surface area contributed by atoms with E-state index in [-0.39, 0.29) is 0 Å². The molecule has 0 atom stereocenters. The van der Waals surface area contributed by atoms with E-state index in [4.69, 9.17) is 4.74 Å². The second kappa shape index (κ2) is 6.07. The maximum Gasteiger partial charge on any atom is 0.118 e. The van der Waals surface area contributed by atoms with Gasteiger partial charge in [-0.25, -0.2) is 0 Å². The average molecular weight is 271 g/mol. The van der Waals surface area contributed by atoms with Crippen molar-refractivity contribution in [1.29, 1.82) is 0 Å². The lowest BCUT2D eigenvalue weighted by atomic mass is 9.89. The summed E-state index contributed by atoms with van der Waals surface area (Å²) in [5, 5.41) is 8.54. The fourth-order valence-electron chi connectivity index (χ4n) is 2.92. The molecule has 0 unspecified atom stereocenters. The van der Waals surface area contributed by atoms with Crippen molar-refractivity contribution in [3.05, 3.63) is 30.5 Å². The Labute approximate surface area is 119 Å². The van der Waals surface area contributed by atoms with E-state index >= 15 is 0 Å². The fourth-order valence-corrected chi connectivity index (χ4v) is 2.92. The maximum absolute atomic E-state index is 5.17. The van der Waals surface area contributed by atoms with Crippen LogP contribution in [0.25, 0.3) is 11.3 Å². The highest BCUT2D eigenvalue weighted by Crippen LogP contribution is 2.25.